The molecule has 3 nitrogen and oxygen atoms in total. The number of fused-ring (bicyclic) bond motifs is 11. The summed E-state index contributed by atoms with van der Waals surface area (Å²) in [4.78, 5) is 15.4. The highest BCUT2D eigenvalue weighted by Gasteiger charge is 2.18. The third kappa shape index (κ3) is 4.79. The predicted molar refractivity (Wildman–Crippen MR) is 227 cm³/mol. The van der Waals surface area contributed by atoms with Gasteiger partial charge in [-0.1, -0.05) is 176 Å². The Kier molecular flexibility index (Phi) is 6.86. The molecule has 0 unspecified atom stereocenters. The van der Waals surface area contributed by atoms with Crippen LogP contribution in [0.3, 0.4) is 0 Å². The second-order valence-corrected chi connectivity index (χ2v) is 13.9. The summed E-state index contributed by atoms with van der Waals surface area (Å²) < 4.78 is 0. The van der Waals surface area contributed by atoms with Gasteiger partial charge in [0.2, 0.25) is 0 Å². The molecule has 1 aromatic heterocycles. The highest BCUT2D eigenvalue weighted by atomic mass is 15.0. The van der Waals surface area contributed by atoms with Crippen molar-refractivity contribution >= 4 is 64.6 Å². The Hall–Kier alpha value is -7.23. The molecular weight excluding hydrogens is 655 g/mol. The Bertz CT molecular complexity index is 3260. The fourth-order valence-corrected chi connectivity index (χ4v) is 8.39. The van der Waals surface area contributed by atoms with Gasteiger partial charge >= 0.3 is 0 Å². The molecule has 0 aliphatic rings. The highest BCUT2D eigenvalue weighted by molar-refractivity contribution is 6.33. The summed E-state index contributed by atoms with van der Waals surface area (Å²) >= 11 is 0. The molecule has 3 heteroatoms. The van der Waals surface area contributed by atoms with Gasteiger partial charge in [-0.3, -0.25) is 0 Å². The first-order valence-electron chi connectivity index (χ1n) is 18.4. The lowest BCUT2D eigenvalue weighted by Gasteiger charge is -2.16. The minimum atomic E-state index is 0.642. The van der Waals surface area contributed by atoms with Gasteiger partial charge in [-0.05, 0) is 87.9 Å². The van der Waals surface area contributed by atoms with Crippen LogP contribution in [0.15, 0.2) is 188 Å². The van der Waals surface area contributed by atoms with Crippen molar-refractivity contribution in [3.05, 3.63) is 188 Å². The van der Waals surface area contributed by atoms with E-state index in [0.29, 0.717) is 17.5 Å². The molecule has 11 aromatic rings. The van der Waals surface area contributed by atoms with Crippen LogP contribution in [0.2, 0.25) is 0 Å². The van der Waals surface area contributed by atoms with Crippen molar-refractivity contribution in [2.45, 2.75) is 0 Å². The molecule has 0 radical (unpaired) electrons. The molecule has 0 aliphatic carbocycles. The zero-order chi connectivity index (χ0) is 35.6. The largest absolute Gasteiger partial charge is 0.208 e. The average Bonchev–Trinajstić information content (AvgIpc) is 3.26. The van der Waals surface area contributed by atoms with Gasteiger partial charge in [-0.15, -0.1) is 0 Å². The van der Waals surface area contributed by atoms with Crippen molar-refractivity contribution < 1.29 is 0 Å². The lowest BCUT2D eigenvalue weighted by Crippen LogP contribution is -2.00. The molecule has 0 aliphatic heterocycles. The van der Waals surface area contributed by atoms with Crippen molar-refractivity contribution in [1.29, 1.82) is 0 Å². The smallest absolute Gasteiger partial charge is 0.164 e. The van der Waals surface area contributed by atoms with E-state index in [9.17, 15) is 0 Å². The van der Waals surface area contributed by atoms with Crippen LogP contribution in [0.25, 0.3) is 110 Å². The summed E-state index contributed by atoms with van der Waals surface area (Å²) in [7, 11) is 0. The molecule has 0 saturated carbocycles. The lowest BCUT2D eigenvalue weighted by atomic mass is 9.87. The van der Waals surface area contributed by atoms with Gasteiger partial charge in [0.25, 0.3) is 0 Å². The fourth-order valence-electron chi connectivity index (χ4n) is 8.39. The zero-order valence-corrected chi connectivity index (χ0v) is 29.2. The van der Waals surface area contributed by atoms with Crippen molar-refractivity contribution in [1.82, 2.24) is 15.0 Å². The maximum atomic E-state index is 5.19. The normalized spacial score (nSPS) is 11.7. The quantitative estimate of drug-likeness (QED) is 0.173. The zero-order valence-electron chi connectivity index (χ0n) is 29.2. The minimum Gasteiger partial charge on any atom is -0.208 e. The summed E-state index contributed by atoms with van der Waals surface area (Å²) in [5.74, 6) is 1.95. The van der Waals surface area contributed by atoms with Crippen LogP contribution in [0, 0.1) is 0 Å². The first-order valence-corrected chi connectivity index (χ1v) is 18.4. The summed E-state index contributed by atoms with van der Waals surface area (Å²) in [5, 5.41) is 14.8. The molecule has 0 bridgehead atoms. The van der Waals surface area contributed by atoms with Gasteiger partial charge in [-0.25, -0.2) is 15.0 Å². The third-order valence-electron chi connectivity index (χ3n) is 10.9. The van der Waals surface area contributed by atoms with Crippen LogP contribution in [-0.2, 0) is 0 Å². The van der Waals surface area contributed by atoms with E-state index in [1.807, 2.05) is 18.2 Å². The Labute approximate surface area is 311 Å². The summed E-state index contributed by atoms with van der Waals surface area (Å²) in [6.07, 6.45) is 0. The van der Waals surface area contributed by atoms with Crippen molar-refractivity contribution in [3.63, 3.8) is 0 Å². The topological polar surface area (TPSA) is 38.7 Å². The van der Waals surface area contributed by atoms with E-state index in [2.05, 4.69) is 170 Å². The molecule has 0 amide bonds. The summed E-state index contributed by atoms with van der Waals surface area (Å²) in [6, 6.07) is 67.0. The first-order chi connectivity index (χ1) is 26.8. The van der Waals surface area contributed by atoms with Crippen molar-refractivity contribution in [2.75, 3.05) is 0 Å². The first kappa shape index (κ1) is 30.4. The standard InChI is InChI=1S/C51H31N3/c1-2-14-33(15-3-1)49-52-50(54-51(53-49)47-30-35-16-4-5-17-36(35)37-18-6-9-22-41(37)47)34-28-26-32(27-29-34)45-31-46-40-21-8-7-19-38(40)39-20-10-12-24-43(39)48(46)44-25-13-11-23-42(44)45/h1-31H. The molecule has 11 rings (SSSR count). The van der Waals surface area contributed by atoms with Gasteiger partial charge in [0.1, 0.15) is 0 Å². The van der Waals surface area contributed by atoms with E-state index >= 15 is 0 Å². The van der Waals surface area contributed by atoms with Gasteiger partial charge < -0.3 is 0 Å². The van der Waals surface area contributed by atoms with Crippen molar-refractivity contribution in [3.8, 4) is 45.3 Å². The monoisotopic (exact) mass is 685 g/mol. The number of nitrogens with zero attached hydrogens (tertiary/aromatic N) is 3. The van der Waals surface area contributed by atoms with Gasteiger partial charge in [-0.2, -0.15) is 0 Å². The number of hydrogen-bond acceptors (Lipinski definition) is 3. The second kappa shape index (κ2) is 12.2. The van der Waals surface area contributed by atoms with Crippen LogP contribution >= 0.6 is 0 Å². The maximum absolute atomic E-state index is 5.19. The Balaban J connectivity index is 1.11. The molecule has 0 N–H and O–H groups in total. The minimum absolute atomic E-state index is 0.642. The summed E-state index contributed by atoms with van der Waals surface area (Å²) in [5.41, 5.74) is 5.23. The van der Waals surface area contributed by atoms with Crippen LogP contribution < -0.4 is 0 Å². The molecule has 0 atom stereocenters. The number of rotatable bonds is 4. The van der Waals surface area contributed by atoms with Crippen LogP contribution in [0.5, 0.6) is 0 Å². The SMILES string of the molecule is c1ccc(-c2nc(-c3ccc(-c4cc5c6ccccc6c6ccccc6c5c5ccccc45)cc3)nc(-c3cc4ccccc4c4ccccc34)n2)cc1. The lowest BCUT2D eigenvalue weighted by molar-refractivity contribution is 1.08. The van der Waals surface area contributed by atoms with Crippen molar-refractivity contribution in [2.24, 2.45) is 0 Å². The molecule has 250 valence electrons. The Morgan fingerprint density at radius 3 is 1.30 bits per heavy atom. The van der Waals surface area contributed by atoms with Crippen LogP contribution in [0.1, 0.15) is 0 Å². The maximum Gasteiger partial charge on any atom is 0.164 e. The average molecular weight is 686 g/mol. The van der Waals surface area contributed by atoms with E-state index in [1.54, 1.807) is 0 Å². The molecule has 54 heavy (non-hydrogen) atoms. The Morgan fingerprint density at radius 1 is 0.241 bits per heavy atom. The van der Waals surface area contributed by atoms with E-state index in [1.165, 1.54) is 59.4 Å². The number of benzene rings is 10. The van der Waals surface area contributed by atoms with E-state index in [4.69, 9.17) is 15.0 Å². The van der Waals surface area contributed by atoms with E-state index in [-0.39, 0.29) is 0 Å². The summed E-state index contributed by atoms with van der Waals surface area (Å²) in [6.45, 7) is 0. The fraction of sp³-hybridized carbons (Fsp3) is 0. The number of aromatic nitrogens is 3. The molecule has 10 aromatic carbocycles. The van der Waals surface area contributed by atoms with Gasteiger partial charge in [0.15, 0.2) is 17.5 Å². The molecule has 1 heterocycles. The highest BCUT2D eigenvalue weighted by Crippen LogP contribution is 2.43. The second-order valence-electron chi connectivity index (χ2n) is 13.9. The van der Waals surface area contributed by atoms with Crippen LogP contribution in [0.4, 0.5) is 0 Å². The van der Waals surface area contributed by atoms with Gasteiger partial charge in [0.05, 0.1) is 0 Å². The molecule has 0 spiro atoms. The van der Waals surface area contributed by atoms with E-state index in [0.717, 1.165) is 33.0 Å². The Morgan fingerprint density at radius 2 is 0.648 bits per heavy atom. The van der Waals surface area contributed by atoms with Crippen LogP contribution in [-0.4, -0.2) is 15.0 Å². The predicted octanol–water partition coefficient (Wildman–Crippen LogP) is 13.5. The molecular formula is C51H31N3. The van der Waals surface area contributed by atoms with Gasteiger partial charge in [0, 0.05) is 16.7 Å². The molecule has 0 saturated heterocycles. The third-order valence-corrected chi connectivity index (χ3v) is 10.9. The van der Waals surface area contributed by atoms with E-state index < -0.39 is 0 Å². The molecule has 0 fully saturated rings. The number of hydrogen-bond donors (Lipinski definition) is 0.